The second kappa shape index (κ2) is 4.77. The summed E-state index contributed by atoms with van der Waals surface area (Å²) in [7, 11) is 0. The third kappa shape index (κ3) is 2.71. The number of β-amino-alcohol motifs (C(OH)–C–C–N with tert-alkyl or cyclic N) is 1. The van der Waals surface area contributed by atoms with Gasteiger partial charge in [-0.05, 0) is 6.92 Å². The molecular formula is C8H18N2O2. The van der Waals surface area contributed by atoms with Gasteiger partial charge >= 0.3 is 0 Å². The number of aliphatic hydroxyl groups is 2. The molecule has 0 spiro atoms. The van der Waals surface area contributed by atoms with Crippen LogP contribution in [0.4, 0.5) is 0 Å². The van der Waals surface area contributed by atoms with Crippen molar-refractivity contribution in [3.63, 3.8) is 0 Å². The minimum Gasteiger partial charge on any atom is -0.394 e. The average Bonchev–Trinajstić information content (AvgIpc) is 2.09. The second-order valence-corrected chi connectivity index (χ2v) is 3.38. The molecule has 0 aliphatic carbocycles. The fourth-order valence-corrected chi connectivity index (χ4v) is 1.48. The molecule has 1 rings (SSSR count). The van der Waals surface area contributed by atoms with Gasteiger partial charge in [-0.1, -0.05) is 0 Å². The number of nitrogens with zero attached hydrogens (tertiary/aromatic N) is 1. The summed E-state index contributed by atoms with van der Waals surface area (Å²) in [5.41, 5.74) is 0. The van der Waals surface area contributed by atoms with Gasteiger partial charge in [0.2, 0.25) is 0 Å². The first-order valence-corrected chi connectivity index (χ1v) is 4.47. The summed E-state index contributed by atoms with van der Waals surface area (Å²) in [5.74, 6) is 0. The molecule has 4 nitrogen and oxygen atoms in total. The number of hydrogen-bond donors (Lipinski definition) is 3. The van der Waals surface area contributed by atoms with Crippen molar-refractivity contribution in [1.82, 2.24) is 10.2 Å². The van der Waals surface area contributed by atoms with E-state index in [0.717, 1.165) is 19.6 Å². The van der Waals surface area contributed by atoms with Crippen LogP contribution in [0.15, 0.2) is 0 Å². The highest BCUT2D eigenvalue weighted by Gasteiger charge is 2.19. The van der Waals surface area contributed by atoms with Gasteiger partial charge in [0.25, 0.3) is 0 Å². The van der Waals surface area contributed by atoms with E-state index in [-0.39, 0.29) is 6.61 Å². The average molecular weight is 174 g/mol. The molecule has 1 aliphatic heterocycles. The summed E-state index contributed by atoms with van der Waals surface area (Å²) in [5, 5.41) is 21.1. The van der Waals surface area contributed by atoms with E-state index in [1.165, 1.54) is 0 Å². The van der Waals surface area contributed by atoms with Crippen molar-refractivity contribution < 1.29 is 10.2 Å². The second-order valence-electron chi connectivity index (χ2n) is 3.38. The van der Waals surface area contributed by atoms with Crippen LogP contribution in [0.5, 0.6) is 0 Å². The Morgan fingerprint density at radius 1 is 1.67 bits per heavy atom. The molecule has 4 heteroatoms. The summed E-state index contributed by atoms with van der Waals surface area (Å²) in [6.07, 6.45) is -0.592. The van der Waals surface area contributed by atoms with Crippen molar-refractivity contribution >= 4 is 0 Å². The molecular weight excluding hydrogens is 156 g/mol. The number of aliphatic hydroxyl groups excluding tert-OH is 2. The first kappa shape index (κ1) is 9.92. The van der Waals surface area contributed by atoms with Crippen LogP contribution >= 0.6 is 0 Å². The van der Waals surface area contributed by atoms with E-state index in [1.807, 2.05) is 0 Å². The molecule has 0 amide bonds. The molecule has 1 saturated heterocycles. The lowest BCUT2D eigenvalue weighted by molar-refractivity contribution is 0.0406. The van der Waals surface area contributed by atoms with Gasteiger partial charge in [-0.3, -0.25) is 4.90 Å². The Morgan fingerprint density at radius 3 is 3.00 bits per heavy atom. The lowest BCUT2D eigenvalue weighted by Gasteiger charge is -2.34. The molecule has 3 N–H and O–H groups in total. The van der Waals surface area contributed by atoms with Crippen LogP contribution in [0.3, 0.4) is 0 Å². The molecule has 1 fully saturated rings. The van der Waals surface area contributed by atoms with Crippen molar-refractivity contribution in [3.05, 3.63) is 0 Å². The summed E-state index contributed by atoms with van der Waals surface area (Å²) >= 11 is 0. The van der Waals surface area contributed by atoms with Crippen LogP contribution in [-0.4, -0.2) is 60.0 Å². The monoisotopic (exact) mass is 174 g/mol. The van der Waals surface area contributed by atoms with Gasteiger partial charge < -0.3 is 15.5 Å². The summed E-state index contributed by atoms with van der Waals surface area (Å²) in [4.78, 5) is 2.19. The third-order valence-corrected chi connectivity index (χ3v) is 2.29. The van der Waals surface area contributed by atoms with Crippen LogP contribution in [0.2, 0.25) is 0 Å². The van der Waals surface area contributed by atoms with Gasteiger partial charge in [-0.15, -0.1) is 0 Å². The van der Waals surface area contributed by atoms with E-state index in [2.05, 4.69) is 17.1 Å². The van der Waals surface area contributed by atoms with E-state index in [0.29, 0.717) is 12.6 Å². The predicted octanol–water partition coefficient (Wildman–Crippen LogP) is -1.37. The highest BCUT2D eigenvalue weighted by molar-refractivity contribution is 4.77. The SMILES string of the molecule is CC1CNCCN1C[C@@H](O)CO. The van der Waals surface area contributed by atoms with Gasteiger partial charge in [0.05, 0.1) is 12.7 Å². The van der Waals surface area contributed by atoms with Crippen molar-refractivity contribution in [1.29, 1.82) is 0 Å². The van der Waals surface area contributed by atoms with Gasteiger partial charge in [-0.2, -0.15) is 0 Å². The summed E-state index contributed by atoms with van der Waals surface area (Å²) in [6, 6.07) is 0.458. The van der Waals surface area contributed by atoms with Gasteiger partial charge in [0.1, 0.15) is 0 Å². The first-order chi connectivity index (χ1) is 5.74. The molecule has 72 valence electrons. The van der Waals surface area contributed by atoms with Crippen molar-refractivity contribution in [2.24, 2.45) is 0 Å². The molecule has 0 aromatic heterocycles. The Hall–Kier alpha value is -0.160. The van der Waals surface area contributed by atoms with Crippen molar-refractivity contribution in [2.45, 2.75) is 19.1 Å². The van der Waals surface area contributed by atoms with Gasteiger partial charge in [0, 0.05) is 32.2 Å². The fraction of sp³-hybridized carbons (Fsp3) is 1.00. The quantitative estimate of drug-likeness (QED) is 0.494. The predicted molar refractivity (Wildman–Crippen MR) is 47.0 cm³/mol. The van der Waals surface area contributed by atoms with Gasteiger partial charge in [0.15, 0.2) is 0 Å². The fourth-order valence-electron chi connectivity index (χ4n) is 1.48. The van der Waals surface area contributed by atoms with Crippen LogP contribution in [0.1, 0.15) is 6.92 Å². The Balaban J connectivity index is 2.28. The van der Waals surface area contributed by atoms with Crippen LogP contribution in [-0.2, 0) is 0 Å². The molecule has 1 unspecified atom stereocenters. The van der Waals surface area contributed by atoms with Crippen LogP contribution in [0.25, 0.3) is 0 Å². The highest BCUT2D eigenvalue weighted by Crippen LogP contribution is 2.02. The zero-order valence-electron chi connectivity index (χ0n) is 7.53. The maximum Gasteiger partial charge on any atom is 0.0897 e. The highest BCUT2D eigenvalue weighted by atomic mass is 16.3. The lowest BCUT2D eigenvalue weighted by atomic mass is 10.2. The van der Waals surface area contributed by atoms with E-state index in [9.17, 15) is 5.11 Å². The third-order valence-electron chi connectivity index (χ3n) is 2.29. The largest absolute Gasteiger partial charge is 0.394 e. The zero-order valence-corrected chi connectivity index (χ0v) is 7.53. The van der Waals surface area contributed by atoms with Crippen LogP contribution in [0, 0.1) is 0 Å². The standard InChI is InChI=1S/C8H18N2O2/c1-7-4-9-2-3-10(7)5-8(12)6-11/h7-9,11-12H,2-6H2,1H3/t7?,8-/m1/s1. The summed E-state index contributed by atoms with van der Waals surface area (Å²) < 4.78 is 0. The van der Waals surface area contributed by atoms with E-state index in [1.54, 1.807) is 0 Å². The Labute approximate surface area is 73.2 Å². The lowest BCUT2D eigenvalue weighted by Crippen LogP contribution is -2.52. The molecule has 1 heterocycles. The van der Waals surface area contributed by atoms with Crippen molar-refractivity contribution in [3.8, 4) is 0 Å². The molecule has 0 radical (unpaired) electrons. The van der Waals surface area contributed by atoms with Gasteiger partial charge in [-0.25, -0.2) is 0 Å². The molecule has 2 atom stereocenters. The normalized spacial score (nSPS) is 28.8. The van der Waals surface area contributed by atoms with Crippen molar-refractivity contribution in [2.75, 3.05) is 32.8 Å². The number of piperazine rings is 1. The molecule has 12 heavy (non-hydrogen) atoms. The summed E-state index contributed by atoms with van der Waals surface area (Å²) in [6.45, 7) is 5.46. The molecule has 0 saturated carbocycles. The molecule has 1 aliphatic rings. The number of hydrogen-bond acceptors (Lipinski definition) is 4. The zero-order chi connectivity index (χ0) is 8.97. The van der Waals surface area contributed by atoms with E-state index < -0.39 is 6.10 Å². The Morgan fingerprint density at radius 2 is 2.42 bits per heavy atom. The topological polar surface area (TPSA) is 55.7 Å². The molecule has 0 aromatic carbocycles. The molecule has 0 aromatic rings. The minimum absolute atomic E-state index is 0.142. The number of nitrogens with one attached hydrogen (secondary N) is 1. The van der Waals surface area contributed by atoms with E-state index >= 15 is 0 Å². The smallest absolute Gasteiger partial charge is 0.0897 e. The Kier molecular flexibility index (Phi) is 3.94. The minimum atomic E-state index is -0.592. The first-order valence-electron chi connectivity index (χ1n) is 4.47. The maximum absolute atomic E-state index is 9.22. The number of rotatable bonds is 3. The Bertz CT molecular complexity index is 132. The van der Waals surface area contributed by atoms with Crippen LogP contribution < -0.4 is 5.32 Å². The van der Waals surface area contributed by atoms with E-state index in [4.69, 9.17) is 5.11 Å². The molecule has 0 bridgehead atoms. The maximum atomic E-state index is 9.22.